The monoisotopic (exact) mass is 410 g/mol. The summed E-state index contributed by atoms with van der Waals surface area (Å²) in [4.78, 5) is 24.0. The highest BCUT2D eigenvalue weighted by atomic mass is 19.4. The number of carbonyl (C=O) groups is 2. The lowest BCUT2D eigenvalue weighted by Crippen LogP contribution is -2.20. The second-order valence-electron chi connectivity index (χ2n) is 5.95. The molecule has 2 aromatic carbocycles. The van der Waals surface area contributed by atoms with E-state index in [2.05, 4.69) is 15.4 Å². The molecule has 0 aromatic heterocycles. The molecule has 0 atom stereocenters. The molecule has 2 rings (SSSR count). The van der Waals surface area contributed by atoms with Gasteiger partial charge in [-0.25, -0.2) is 0 Å². The van der Waals surface area contributed by atoms with Crippen LogP contribution < -0.4 is 15.4 Å². The van der Waals surface area contributed by atoms with Crippen molar-refractivity contribution in [1.82, 2.24) is 0 Å². The van der Waals surface area contributed by atoms with Gasteiger partial charge in [0.2, 0.25) is 5.91 Å². The highest BCUT2D eigenvalue weighted by Crippen LogP contribution is 2.17. The first-order valence-corrected chi connectivity index (χ1v) is 8.85. The van der Waals surface area contributed by atoms with Crippen LogP contribution in [-0.4, -0.2) is 37.8 Å². The summed E-state index contributed by atoms with van der Waals surface area (Å²) in [5.41, 5.74) is 1.41. The van der Waals surface area contributed by atoms with Gasteiger partial charge in [0, 0.05) is 16.9 Å². The molecule has 0 radical (unpaired) electrons. The van der Waals surface area contributed by atoms with Crippen molar-refractivity contribution in [3.8, 4) is 5.75 Å². The van der Waals surface area contributed by atoms with Gasteiger partial charge in [-0.15, -0.1) is 0 Å². The fourth-order valence-electron chi connectivity index (χ4n) is 2.29. The molecule has 2 N–H and O–H groups in total. The van der Waals surface area contributed by atoms with Gasteiger partial charge < -0.3 is 20.1 Å². The molecule has 0 bridgehead atoms. The Balaban J connectivity index is 1.81. The van der Waals surface area contributed by atoms with E-state index < -0.39 is 18.7 Å². The topological polar surface area (TPSA) is 76.7 Å². The maximum atomic E-state index is 12.3. The number of carbonyl (C=O) groups excluding carboxylic acids is 2. The highest BCUT2D eigenvalue weighted by molar-refractivity contribution is 6.04. The maximum absolute atomic E-state index is 12.3. The van der Waals surface area contributed by atoms with Gasteiger partial charge in [0.1, 0.15) is 12.4 Å². The number of ether oxygens (including phenoxy) is 2. The average Bonchev–Trinajstić information content (AvgIpc) is 2.67. The van der Waals surface area contributed by atoms with Gasteiger partial charge in [-0.3, -0.25) is 9.59 Å². The fraction of sp³-hybridized carbons (Fsp3) is 0.300. The van der Waals surface area contributed by atoms with E-state index >= 15 is 0 Å². The molecule has 0 heterocycles. The number of hydrogen-bond acceptors (Lipinski definition) is 4. The van der Waals surface area contributed by atoms with Crippen molar-refractivity contribution in [2.75, 3.05) is 30.5 Å². The summed E-state index contributed by atoms with van der Waals surface area (Å²) in [7, 11) is 0. The summed E-state index contributed by atoms with van der Waals surface area (Å²) in [5.74, 6) is -0.110. The number of halogens is 3. The van der Waals surface area contributed by atoms with Gasteiger partial charge in [0.25, 0.3) is 5.91 Å². The van der Waals surface area contributed by atoms with E-state index in [0.29, 0.717) is 29.3 Å². The second-order valence-corrected chi connectivity index (χ2v) is 5.95. The largest absolute Gasteiger partial charge is 0.494 e. The van der Waals surface area contributed by atoms with Crippen LogP contribution in [0.5, 0.6) is 5.75 Å². The van der Waals surface area contributed by atoms with Crippen molar-refractivity contribution in [2.45, 2.75) is 19.5 Å². The van der Waals surface area contributed by atoms with Crippen LogP contribution in [0.25, 0.3) is 0 Å². The van der Waals surface area contributed by atoms with Crippen LogP contribution in [0.3, 0.4) is 0 Å². The summed E-state index contributed by atoms with van der Waals surface area (Å²) in [6.45, 7) is 0.699. The molecule has 0 spiro atoms. The number of anilines is 2. The lowest BCUT2D eigenvalue weighted by molar-refractivity contribution is -0.174. The molecule has 0 aliphatic rings. The van der Waals surface area contributed by atoms with Crippen molar-refractivity contribution in [3.05, 3.63) is 54.1 Å². The lowest BCUT2D eigenvalue weighted by atomic mass is 10.2. The van der Waals surface area contributed by atoms with E-state index in [1.807, 2.05) is 6.92 Å². The molecule has 6 nitrogen and oxygen atoms in total. The smallest absolute Gasteiger partial charge is 0.411 e. The van der Waals surface area contributed by atoms with E-state index in [4.69, 9.17) is 4.74 Å². The predicted molar refractivity (Wildman–Crippen MR) is 102 cm³/mol. The molecule has 0 saturated carbocycles. The first-order chi connectivity index (χ1) is 13.8. The number of alkyl halides is 3. The van der Waals surface area contributed by atoms with Crippen LogP contribution in [0.2, 0.25) is 0 Å². The van der Waals surface area contributed by atoms with Crippen molar-refractivity contribution in [3.63, 3.8) is 0 Å². The Morgan fingerprint density at radius 2 is 1.52 bits per heavy atom. The Morgan fingerprint density at radius 1 is 0.931 bits per heavy atom. The molecule has 156 valence electrons. The highest BCUT2D eigenvalue weighted by Gasteiger charge is 2.27. The van der Waals surface area contributed by atoms with Gasteiger partial charge in [-0.2, -0.15) is 13.2 Å². The molecule has 9 heteroatoms. The number of rotatable bonds is 9. The fourth-order valence-corrected chi connectivity index (χ4v) is 2.29. The molecule has 2 amide bonds. The van der Waals surface area contributed by atoms with E-state index in [-0.39, 0.29) is 18.9 Å². The SMILES string of the molecule is CCOc1ccc(NC(=O)c2ccc(NC(=O)CCOCC(F)(F)F)cc2)cc1. The van der Waals surface area contributed by atoms with Gasteiger partial charge in [0.05, 0.1) is 19.6 Å². The maximum Gasteiger partial charge on any atom is 0.411 e. The van der Waals surface area contributed by atoms with E-state index in [1.165, 1.54) is 24.3 Å². The van der Waals surface area contributed by atoms with Crippen molar-refractivity contribution in [1.29, 1.82) is 0 Å². The Morgan fingerprint density at radius 3 is 2.10 bits per heavy atom. The van der Waals surface area contributed by atoms with E-state index in [0.717, 1.165) is 0 Å². The van der Waals surface area contributed by atoms with E-state index in [1.54, 1.807) is 24.3 Å². The molecule has 0 aliphatic heterocycles. The molecular formula is C20H21F3N2O4. The van der Waals surface area contributed by atoms with Crippen LogP contribution in [0.4, 0.5) is 24.5 Å². The summed E-state index contributed by atoms with van der Waals surface area (Å²) in [6, 6.07) is 13.0. The Bertz CT molecular complexity index is 806. The first-order valence-electron chi connectivity index (χ1n) is 8.85. The number of benzene rings is 2. The van der Waals surface area contributed by atoms with Crippen molar-refractivity contribution in [2.24, 2.45) is 0 Å². The minimum Gasteiger partial charge on any atom is -0.494 e. The molecule has 29 heavy (non-hydrogen) atoms. The molecule has 0 fully saturated rings. The zero-order valence-electron chi connectivity index (χ0n) is 15.7. The third kappa shape index (κ3) is 8.22. The molecular weight excluding hydrogens is 389 g/mol. The minimum absolute atomic E-state index is 0.212. The quantitative estimate of drug-likeness (QED) is 0.606. The predicted octanol–water partition coefficient (Wildman–Crippen LogP) is 4.25. The van der Waals surface area contributed by atoms with Crippen molar-refractivity contribution < 1.29 is 32.2 Å². The first kappa shape index (κ1) is 22.2. The van der Waals surface area contributed by atoms with Gasteiger partial charge >= 0.3 is 6.18 Å². The van der Waals surface area contributed by atoms with Crippen LogP contribution >= 0.6 is 0 Å². The Labute approximate surface area is 166 Å². The standard InChI is InChI=1S/C20H21F3N2O4/c1-2-29-17-9-7-16(8-10-17)25-19(27)14-3-5-15(6-4-14)24-18(26)11-12-28-13-20(21,22)23/h3-10H,2,11-13H2,1H3,(H,24,26)(H,25,27). The number of hydrogen-bond donors (Lipinski definition) is 2. The van der Waals surface area contributed by atoms with Crippen molar-refractivity contribution >= 4 is 23.2 Å². The lowest BCUT2D eigenvalue weighted by Gasteiger charge is -2.09. The van der Waals surface area contributed by atoms with Gasteiger partial charge in [-0.05, 0) is 55.5 Å². The molecule has 0 unspecified atom stereocenters. The third-order valence-electron chi connectivity index (χ3n) is 3.59. The number of nitrogens with one attached hydrogen (secondary N) is 2. The molecule has 0 aliphatic carbocycles. The molecule has 2 aromatic rings. The zero-order chi connectivity index (χ0) is 21.3. The van der Waals surface area contributed by atoms with Crippen LogP contribution in [-0.2, 0) is 9.53 Å². The van der Waals surface area contributed by atoms with Crippen LogP contribution in [0.1, 0.15) is 23.7 Å². The Kier molecular flexibility index (Phi) is 8.02. The minimum atomic E-state index is -4.42. The zero-order valence-corrected chi connectivity index (χ0v) is 15.7. The second kappa shape index (κ2) is 10.5. The summed E-state index contributed by atoms with van der Waals surface area (Å²) < 4.78 is 45.6. The molecule has 0 saturated heterocycles. The Hall–Kier alpha value is -3.07. The average molecular weight is 410 g/mol. The summed E-state index contributed by atoms with van der Waals surface area (Å²) in [6.07, 6.45) is -4.63. The van der Waals surface area contributed by atoms with Gasteiger partial charge in [0.15, 0.2) is 0 Å². The van der Waals surface area contributed by atoms with Gasteiger partial charge in [-0.1, -0.05) is 0 Å². The summed E-state index contributed by atoms with van der Waals surface area (Å²) in [5, 5.41) is 5.27. The third-order valence-corrected chi connectivity index (χ3v) is 3.59. The van der Waals surface area contributed by atoms with E-state index in [9.17, 15) is 22.8 Å². The summed E-state index contributed by atoms with van der Waals surface area (Å²) >= 11 is 0. The normalized spacial score (nSPS) is 11.0. The van der Waals surface area contributed by atoms with Crippen LogP contribution in [0.15, 0.2) is 48.5 Å². The number of amides is 2. The van der Waals surface area contributed by atoms with Crippen LogP contribution in [0, 0.1) is 0 Å².